The van der Waals surface area contributed by atoms with E-state index in [2.05, 4.69) is 12.2 Å². The van der Waals surface area contributed by atoms with Crippen molar-refractivity contribution < 1.29 is 9.90 Å². The highest BCUT2D eigenvalue weighted by Gasteiger charge is 2.28. The maximum Gasteiger partial charge on any atom is 0.227 e. The third-order valence-electron chi connectivity index (χ3n) is 3.82. The summed E-state index contributed by atoms with van der Waals surface area (Å²) in [4.78, 5) is 14.4. The molecule has 0 spiro atoms. The van der Waals surface area contributed by atoms with Gasteiger partial charge in [-0.1, -0.05) is 37.3 Å². The molecule has 0 radical (unpaired) electrons. The van der Waals surface area contributed by atoms with Crippen molar-refractivity contribution in [2.24, 2.45) is 11.8 Å². The van der Waals surface area contributed by atoms with Gasteiger partial charge in [0.25, 0.3) is 0 Å². The minimum absolute atomic E-state index is 0.00821. The van der Waals surface area contributed by atoms with Crippen LogP contribution in [0.1, 0.15) is 18.9 Å². The lowest BCUT2D eigenvalue weighted by Crippen LogP contribution is -2.45. The summed E-state index contributed by atoms with van der Waals surface area (Å²) >= 11 is 0. The van der Waals surface area contributed by atoms with Crippen LogP contribution in [0.4, 0.5) is 0 Å². The first-order chi connectivity index (χ1) is 9.70. The van der Waals surface area contributed by atoms with Crippen LogP contribution in [0.5, 0.6) is 0 Å². The predicted octanol–water partition coefficient (Wildman–Crippen LogP) is 1.25. The van der Waals surface area contributed by atoms with E-state index in [0.29, 0.717) is 19.0 Å². The highest BCUT2D eigenvalue weighted by atomic mass is 16.3. The van der Waals surface area contributed by atoms with Crippen LogP contribution in [-0.2, 0) is 11.3 Å². The molecule has 0 bridgehead atoms. The molecule has 0 saturated carbocycles. The molecule has 1 aliphatic rings. The number of rotatable bonds is 5. The molecular formula is C16H24N2O2. The standard InChI is InChI=1S/C16H24N2O2/c1-13-9-15(11-17-10-13)16(20)18(7-8-19)12-14-5-3-2-4-6-14/h2-6,13,15,17,19H,7-12H2,1H3. The molecule has 110 valence electrons. The van der Waals surface area contributed by atoms with E-state index in [0.717, 1.165) is 25.1 Å². The van der Waals surface area contributed by atoms with E-state index in [1.165, 1.54) is 0 Å². The molecule has 1 aromatic rings. The Bertz CT molecular complexity index is 422. The number of hydrogen-bond acceptors (Lipinski definition) is 3. The van der Waals surface area contributed by atoms with Crippen LogP contribution in [0, 0.1) is 11.8 Å². The van der Waals surface area contributed by atoms with Crippen molar-refractivity contribution in [2.75, 3.05) is 26.2 Å². The molecule has 1 aromatic carbocycles. The largest absolute Gasteiger partial charge is 0.395 e. The van der Waals surface area contributed by atoms with Gasteiger partial charge in [-0.2, -0.15) is 0 Å². The fraction of sp³-hybridized carbons (Fsp3) is 0.562. The van der Waals surface area contributed by atoms with Crippen molar-refractivity contribution in [3.05, 3.63) is 35.9 Å². The summed E-state index contributed by atoms with van der Waals surface area (Å²) in [6.07, 6.45) is 0.933. The summed E-state index contributed by atoms with van der Waals surface area (Å²) in [6, 6.07) is 9.94. The SMILES string of the molecule is CC1CNCC(C(=O)N(CCO)Cc2ccccc2)C1. The Hall–Kier alpha value is -1.39. The molecule has 2 N–H and O–H groups in total. The van der Waals surface area contributed by atoms with Crippen molar-refractivity contribution in [3.8, 4) is 0 Å². The van der Waals surface area contributed by atoms with E-state index in [-0.39, 0.29) is 18.4 Å². The third-order valence-corrected chi connectivity index (χ3v) is 3.82. The topological polar surface area (TPSA) is 52.6 Å². The van der Waals surface area contributed by atoms with Crippen LogP contribution in [0.3, 0.4) is 0 Å². The lowest BCUT2D eigenvalue weighted by atomic mass is 9.90. The van der Waals surface area contributed by atoms with Gasteiger partial charge in [-0.05, 0) is 24.4 Å². The molecule has 0 aromatic heterocycles. The number of nitrogens with zero attached hydrogens (tertiary/aromatic N) is 1. The average molecular weight is 276 g/mol. The van der Waals surface area contributed by atoms with Crippen molar-refractivity contribution in [3.63, 3.8) is 0 Å². The Kier molecular flexibility index (Phi) is 5.56. The number of carbonyl (C=O) groups excluding carboxylic acids is 1. The van der Waals surface area contributed by atoms with E-state index in [1.807, 2.05) is 30.3 Å². The molecule has 4 nitrogen and oxygen atoms in total. The zero-order valence-electron chi connectivity index (χ0n) is 12.1. The van der Waals surface area contributed by atoms with E-state index < -0.39 is 0 Å². The van der Waals surface area contributed by atoms with Gasteiger partial charge in [-0.3, -0.25) is 4.79 Å². The van der Waals surface area contributed by atoms with Crippen LogP contribution in [0.2, 0.25) is 0 Å². The number of hydrogen-bond donors (Lipinski definition) is 2. The Morgan fingerprint density at radius 3 is 2.75 bits per heavy atom. The molecule has 2 unspecified atom stereocenters. The van der Waals surface area contributed by atoms with Crippen LogP contribution in [0.15, 0.2) is 30.3 Å². The number of piperidine rings is 1. The van der Waals surface area contributed by atoms with Gasteiger partial charge < -0.3 is 15.3 Å². The number of nitrogens with one attached hydrogen (secondary N) is 1. The summed E-state index contributed by atoms with van der Waals surface area (Å²) in [5, 5.41) is 12.5. The molecule has 1 amide bonds. The molecular weight excluding hydrogens is 252 g/mol. The highest BCUT2D eigenvalue weighted by molar-refractivity contribution is 5.79. The number of aliphatic hydroxyl groups is 1. The zero-order chi connectivity index (χ0) is 14.4. The van der Waals surface area contributed by atoms with Crippen LogP contribution >= 0.6 is 0 Å². The Morgan fingerprint density at radius 2 is 2.10 bits per heavy atom. The smallest absolute Gasteiger partial charge is 0.227 e. The summed E-state index contributed by atoms with van der Waals surface area (Å²) in [7, 11) is 0. The van der Waals surface area contributed by atoms with Crippen molar-refractivity contribution >= 4 is 5.91 Å². The van der Waals surface area contributed by atoms with E-state index >= 15 is 0 Å². The molecule has 1 heterocycles. The Balaban J connectivity index is 2.01. The number of amides is 1. The molecule has 0 aliphatic carbocycles. The van der Waals surface area contributed by atoms with E-state index in [1.54, 1.807) is 4.90 Å². The van der Waals surface area contributed by atoms with Gasteiger partial charge in [0.1, 0.15) is 0 Å². The maximum absolute atomic E-state index is 12.6. The molecule has 1 saturated heterocycles. The second-order valence-electron chi connectivity index (χ2n) is 5.67. The van der Waals surface area contributed by atoms with Gasteiger partial charge in [0, 0.05) is 19.6 Å². The summed E-state index contributed by atoms with van der Waals surface area (Å²) in [6.45, 7) is 4.89. The van der Waals surface area contributed by atoms with Gasteiger partial charge in [-0.15, -0.1) is 0 Å². The third kappa shape index (κ3) is 4.05. The second-order valence-corrected chi connectivity index (χ2v) is 5.67. The van der Waals surface area contributed by atoms with Gasteiger partial charge in [0.05, 0.1) is 12.5 Å². The monoisotopic (exact) mass is 276 g/mol. The predicted molar refractivity (Wildman–Crippen MR) is 79.1 cm³/mol. The minimum atomic E-state index is 0.00821. The molecule has 20 heavy (non-hydrogen) atoms. The van der Waals surface area contributed by atoms with Crippen LogP contribution in [0.25, 0.3) is 0 Å². The first-order valence-corrected chi connectivity index (χ1v) is 7.35. The maximum atomic E-state index is 12.6. The van der Waals surface area contributed by atoms with Crippen LogP contribution in [-0.4, -0.2) is 42.2 Å². The van der Waals surface area contributed by atoms with E-state index in [4.69, 9.17) is 0 Å². The lowest BCUT2D eigenvalue weighted by Gasteiger charge is -2.32. The second kappa shape index (κ2) is 7.41. The molecule has 1 fully saturated rings. The number of benzene rings is 1. The summed E-state index contributed by atoms with van der Waals surface area (Å²) in [5.41, 5.74) is 1.10. The molecule has 1 aliphatic heterocycles. The Morgan fingerprint density at radius 1 is 1.35 bits per heavy atom. The molecule has 2 atom stereocenters. The first kappa shape index (κ1) is 15.0. The quantitative estimate of drug-likeness (QED) is 0.851. The highest BCUT2D eigenvalue weighted by Crippen LogP contribution is 2.19. The summed E-state index contributed by atoms with van der Waals surface area (Å²) < 4.78 is 0. The zero-order valence-corrected chi connectivity index (χ0v) is 12.1. The van der Waals surface area contributed by atoms with Crippen molar-refractivity contribution in [1.29, 1.82) is 0 Å². The average Bonchev–Trinajstić information content (AvgIpc) is 2.47. The molecule has 2 rings (SSSR count). The normalized spacial score (nSPS) is 22.5. The van der Waals surface area contributed by atoms with Crippen LogP contribution < -0.4 is 5.32 Å². The number of carbonyl (C=O) groups is 1. The van der Waals surface area contributed by atoms with Gasteiger partial charge in [0.15, 0.2) is 0 Å². The molecule has 4 heteroatoms. The Labute approximate surface area is 120 Å². The fourth-order valence-corrected chi connectivity index (χ4v) is 2.79. The number of aliphatic hydroxyl groups excluding tert-OH is 1. The lowest BCUT2D eigenvalue weighted by molar-refractivity contribution is -0.137. The van der Waals surface area contributed by atoms with Crippen molar-refractivity contribution in [1.82, 2.24) is 10.2 Å². The first-order valence-electron chi connectivity index (χ1n) is 7.35. The van der Waals surface area contributed by atoms with Gasteiger partial charge in [0.2, 0.25) is 5.91 Å². The minimum Gasteiger partial charge on any atom is -0.395 e. The summed E-state index contributed by atoms with van der Waals surface area (Å²) in [5.74, 6) is 0.723. The van der Waals surface area contributed by atoms with E-state index in [9.17, 15) is 9.90 Å². The fourth-order valence-electron chi connectivity index (χ4n) is 2.79. The van der Waals surface area contributed by atoms with Crippen molar-refractivity contribution in [2.45, 2.75) is 19.9 Å². The van der Waals surface area contributed by atoms with Gasteiger partial charge >= 0.3 is 0 Å². The van der Waals surface area contributed by atoms with Gasteiger partial charge in [-0.25, -0.2) is 0 Å².